The van der Waals surface area contributed by atoms with E-state index in [1.165, 1.54) is 18.3 Å². The van der Waals surface area contributed by atoms with Crippen LogP contribution < -0.4 is 15.0 Å². The zero-order valence-electron chi connectivity index (χ0n) is 14.7. The molecule has 1 unspecified atom stereocenters. The van der Waals surface area contributed by atoms with Gasteiger partial charge < -0.3 is 14.5 Å². The van der Waals surface area contributed by atoms with E-state index in [0.717, 1.165) is 0 Å². The highest BCUT2D eigenvalue weighted by Crippen LogP contribution is 2.46. The third kappa shape index (κ3) is 2.66. The molecule has 6 heteroatoms. The van der Waals surface area contributed by atoms with Crippen molar-refractivity contribution < 1.29 is 18.7 Å². The van der Waals surface area contributed by atoms with Gasteiger partial charge in [0.2, 0.25) is 5.91 Å². The van der Waals surface area contributed by atoms with Crippen LogP contribution in [0.1, 0.15) is 12.2 Å². The molecule has 0 radical (unpaired) electrons. The first-order chi connectivity index (χ1) is 13.2. The Morgan fingerprint density at radius 3 is 2.48 bits per heavy atom. The van der Waals surface area contributed by atoms with Crippen LogP contribution >= 0.6 is 0 Å². The number of hydrogen-bond donors (Lipinski definition) is 1. The number of furan rings is 1. The first-order valence-corrected chi connectivity index (χ1v) is 8.53. The van der Waals surface area contributed by atoms with Crippen molar-refractivity contribution in [1.29, 1.82) is 0 Å². The van der Waals surface area contributed by atoms with Crippen LogP contribution in [0.3, 0.4) is 0 Å². The van der Waals surface area contributed by atoms with Crippen LogP contribution in [0.2, 0.25) is 0 Å². The molecular formula is C21H18N2O4. The second kappa shape index (κ2) is 6.64. The molecule has 1 saturated heterocycles. The summed E-state index contributed by atoms with van der Waals surface area (Å²) in [5.74, 6) is 0.453. The molecule has 2 aromatic carbocycles. The van der Waals surface area contributed by atoms with Crippen molar-refractivity contribution in [2.45, 2.75) is 12.0 Å². The quantitative estimate of drug-likeness (QED) is 0.705. The molecule has 0 aliphatic carbocycles. The van der Waals surface area contributed by atoms with Crippen LogP contribution in [0.5, 0.6) is 5.75 Å². The number of ether oxygens (including phenoxy) is 1. The van der Waals surface area contributed by atoms with Gasteiger partial charge in [0.1, 0.15) is 11.5 Å². The standard InChI is InChI=1S/C21H18N2O4/c1-26-17-11-6-5-10-16(17)22-20(25)21(18-12-7-13-27-18)14-19(24)23(21)15-8-3-2-4-9-15/h2-13H,14H2,1H3,(H,22,25). The predicted octanol–water partition coefficient (Wildman–Crippen LogP) is 3.56. The molecule has 1 aliphatic rings. The third-order valence-corrected chi connectivity index (χ3v) is 4.71. The van der Waals surface area contributed by atoms with Crippen molar-refractivity contribution >= 4 is 23.2 Å². The summed E-state index contributed by atoms with van der Waals surface area (Å²) in [6, 6.07) is 19.7. The van der Waals surface area contributed by atoms with Crippen molar-refractivity contribution in [2.75, 3.05) is 17.3 Å². The topological polar surface area (TPSA) is 71.8 Å². The van der Waals surface area contributed by atoms with Crippen LogP contribution in [-0.2, 0) is 15.1 Å². The van der Waals surface area contributed by atoms with Crippen molar-refractivity contribution in [3.8, 4) is 5.75 Å². The second-order valence-electron chi connectivity index (χ2n) is 6.23. The lowest BCUT2D eigenvalue weighted by atomic mass is 9.79. The Kier molecular flexibility index (Phi) is 4.16. The number of amides is 2. The Balaban J connectivity index is 1.76. The fourth-order valence-corrected chi connectivity index (χ4v) is 3.42. The lowest BCUT2D eigenvalue weighted by molar-refractivity contribution is -0.138. The van der Waals surface area contributed by atoms with Gasteiger partial charge in [-0.25, -0.2) is 0 Å². The molecular weight excluding hydrogens is 344 g/mol. The van der Waals surface area contributed by atoms with Gasteiger partial charge in [-0.05, 0) is 36.4 Å². The Labute approximate surface area is 156 Å². The van der Waals surface area contributed by atoms with Crippen LogP contribution in [0.4, 0.5) is 11.4 Å². The van der Waals surface area contributed by atoms with Crippen LogP contribution in [-0.4, -0.2) is 18.9 Å². The number of anilines is 2. The summed E-state index contributed by atoms with van der Waals surface area (Å²) < 4.78 is 10.9. The summed E-state index contributed by atoms with van der Waals surface area (Å²) in [4.78, 5) is 27.4. The second-order valence-corrected chi connectivity index (χ2v) is 6.23. The fourth-order valence-electron chi connectivity index (χ4n) is 3.42. The number of β-lactam (4-membered cyclic amide) rings is 1. The van der Waals surface area contributed by atoms with Gasteiger partial charge in [0.05, 0.1) is 25.5 Å². The number of benzene rings is 2. The Morgan fingerprint density at radius 1 is 1.07 bits per heavy atom. The molecule has 1 aliphatic heterocycles. The molecule has 4 rings (SSSR count). The molecule has 27 heavy (non-hydrogen) atoms. The number of carbonyl (C=O) groups is 2. The first kappa shape index (κ1) is 16.9. The lowest BCUT2D eigenvalue weighted by Gasteiger charge is -2.48. The molecule has 1 N–H and O–H groups in total. The Bertz CT molecular complexity index is 969. The molecule has 6 nitrogen and oxygen atoms in total. The van der Waals surface area contributed by atoms with Crippen LogP contribution in [0, 0.1) is 0 Å². The normalized spacial score (nSPS) is 18.7. The highest BCUT2D eigenvalue weighted by Gasteiger charge is 2.60. The molecule has 3 aromatic rings. The summed E-state index contributed by atoms with van der Waals surface area (Å²) in [7, 11) is 1.54. The fraction of sp³-hybridized carbons (Fsp3) is 0.143. The van der Waals surface area contributed by atoms with E-state index in [0.29, 0.717) is 22.9 Å². The number of nitrogens with one attached hydrogen (secondary N) is 1. The maximum atomic E-state index is 13.4. The van der Waals surface area contributed by atoms with Crippen LogP contribution in [0.15, 0.2) is 77.4 Å². The van der Waals surface area contributed by atoms with Gasteiger partial charge in [0.15, 0.2) is 5.54 Å². The molecule has 1 aromatic heterocycles. The largest absolute Gasteiger partial charge is 0.495 e. The van der Waals surface area contributed by atoms with Gasteiger partial charge in [0.25, 0.3) is 5.91 Å². The Hall–Kier alpha value is -3.54. The molecule has 1 fully saturated rings. The summed E-state index contributed by atoms with van der Waals surface area (Å²) in [6.45, 7) is 0. The van der Waals surface area contributed by atoms with E-state index >= 15 is 0 Å². The van der Waals surface area contributed by atoms with E-state index in [-0.39, 0.29) is 18.2 Å². The van der Waals surface area contributed by atoms with Gasteiger partial charge in [-0.3, -0.25) is 14.5 Å². The minimum Gasteiger partial charge on any atom is -0.495 e. The van der Waals surface area contributed by atoms with Gasteiger partial charge in [-0.15, -0.1) is 0 Å². The monoisotopic (exact) mass is 362 g/mol. The van der Waals surface area contributed by atoms with Gasteiger partial charge in [-0.1, -0.05) is 30.3 Å². The maximum absolute atomic E-state index is 13.4. The highest BCUT2D eigenvalue weighted by molar-refractivity contribution is 6.16. The van der Waals surface area contributed by atoms with Crippen LogP contribution in [0.25, 0.3) is 0 Å². The minimum absolute atomic E-state index is 0.0242. The number of nitrogens with zero attached hydrogens (tertiary/aromatic N) is 1. The SMILES string of the molecule is COc1ccccc1NC(=O)C1(c2ccco2)CC(=O)N1c1ccccc1. The highest BCUT2D eigenvalue weighted by atomic mass is 16.5. The molecule has 0 bridgehead atoms. The van der Waals surface area contributed by atoms with Gasteiger partial charge in [-0.2, -0.15) is 0 Å². The van der Waals surface area contributed by atoms with Crippen molar-refractivity contribution in [3.63, 3.8) is 0 Å². The van der Waals surface area contributed by atoms with Crippen molar-refractivity contribution in [1.82, 2.24) is 0 Å². The van der Waals surface area contributed by atoms with Crippen molar-refractivity contribution in [3.05, 3.63) is 78.8 Å². The number of carbonyl (C=O) groups excluding carboxylic acids is 2. The molecule has 2 heterocycles. The van der Waals surface area contributed by atoms with E-state index in [1.54, 1.807) is 42.5 Å². The summed E-state index contributed by atoms with van der Waals surface area (Å²) in [6.07, 6.45) is 1.52. The minimum atomic E-state index is -1.25. The average molecular weight is 362 g/mol. The molecule has 2 amide bonds. The van der Waals surface area contributed by atoms with E-state index in [1.807, 2.05) is 24.3 Å². The Morgan fingerprint density at radius 2 is 1.81 bits per heavy atom. The number of methoxy groups -OCH3 is 1. The molecule has 1 atom stereocenters. The molecule has 0 saturated carbocycles. The van der Waals surface area contributed by atoms with Gasteiger partial charge >= 0.3 is 0 Å². The summed E-state index contributed by atoms with van der Waals surface area (Å²) >= 11 is 0. The van der Waals surface area contributed by atoms with E-state index in [9.17, 15) is 9.59 Å². The van der Waals surface area contributed by atoms with Crippen molar-refractivity contribution in [2.24, 2.45) is 0 Å². The first-order valence-electron chi connectivity index (χ1n) is 8.53. The maximum Gasteiger partial charge on any atom is 0.259 e. The van der Waals surface area contributed by atoms with E-state index < -0.39 is 5.54 Å². The summed E-state index contributed by atoms with van der Waals surface area (Å²) in [5, 5.41) is 2.89. The number of rotatable bonds is 5. The smallest absolute Gasteiger partial charge is 0.259 e. The predicted molar refractivity (Wildman–Crippen MR) is 101 cm³/mol. The molecule has 136 valence electrons. The lowest BCUT2D eigenvalue weighted by Crippen LogP contribution is -2.67. The number of para-hydroxylation sites is 3. The summed E-state index contributed by atoms with van der Waals surface area (Å²) in [5.41, 5.74) is -0.0772. The van der Waals surface area contributed by atoms with Gasteiger partial charge in [0, 0.05) is 5.69 Å². The van der Waals surface area contributed by atoms with E-state index in [4.69, 9.17) is 9.15 Å². The number of hydrogen-bond acceptors (Lipinski definition) is 4. The average Bonchev–Trinajstić information content (AvgIpc) is 3.21. The zero-order chi connectivity index (χ0) is 18.9. The third-order valence-electron chi connectivity index (χ3n) is 4.71. The van der Waals surface area contributed by atoms with E-state index in [2.05, 4.69) is 5.32 Å². The molecule has 0 spiro atoms. The zero-order valence-corrected chi connectivity index (χ0v) is 14.7.